The van der Waals surface area contributed by atoms with Gasteiger partial charge in [0.25, 0.3) is 0 Å². The van der Waals surface area contributed by atoms with E-state index < -0.39 is 0 Å². The molecule has 0 atom stereocenters. The van der Waals surface area contributed by atoms with Crippen molar-refractivity contribution in [3.05, 3.63) is 30.6 Å². The molecule has 0 radical (unpaired) electrons. The van der Waals surface area contributed by atoms with E-state index in [1.807, 2.05) is 23.1 Å². The molecule has 5 heteroatoms. The number of anilines is 2. The smallest absolute Gasteiger partial charge is 0.236 e. The summed E-state index contributed by atoms with van der Waals surface area (Å²) in [6.45, 7) is 5.08. The molecule has 1 aromatic heterocycles. The van der Waals surface area contributed by atoms with Gasteiger partial charge in [0.2, 0.25) is 5.91 Å². The van der Waals surface area contributed by atoms with Crippen LogP contribution in [0.3, 0.4) is 0 Å². The third-order valence-electron chi connectivity index (χ3n) is 3.11. The van der Waals surface area contributed by atoms with Crippen LogP contribution in [0.2, 0.25) is 0 Å². The van der Waals surface area contributed by atoms with Gasteiger partial charge in [-0.3, -0.25) is 9.78 Å². The Balaban J connectivity index is 2.47. The molecule has 1 heterocycles. The highest BCUT2D eigenvalue weighted by Gasteiger charge is 2.15. The molecule has 2 rings (SSSR count). The first-order valence-corrected chi connectivity index (χ1v) is 6.64. The van der Waals surface area contributed by atoms with Crippen molar-refractivity contribution in [1.29, 1.82) is 0 Å². The van der Waals surface area contributed by atoms with Gasteiger partial charge in [0.05, 0.1) is 17.9 Å². The molecular formula is C15H20N4O. The molecule has 0 aliphatic carbocycles. The van der Waals surface area contributed by atoms with Crippen molar-refractivity contribution in [2.45, 2.75) is 13.8 Å². The molecule has 20 heavy (non-hydrogen) atoms. The topological polar surface area (TPSA) is 85.2 Å². The van der Waals surface area contributed by atoms with E-state index in [9.17, 15) is 4.79 Å². The molecule has 0 spiro atoms. The van der Waals surface area contributed by atoms with Crippen molar-refractivity contribution >= 4 is 28.1 Å². The summed E-state index contributed by atoms with van der Waals surface area (Å²) in [4.78, 5) is 17.3. The number of fused-ring (bicyclic) bond motifs is 1. The lowest BCUT2D eigenvalue weighted by Gasteiger charge is -2.27. The molecule has 106 valence electrons. The fourth-order valence-electron chi connectivity index (χ4n) is 2.33. The number of nitrogens with zero attached hydrogens (tertiary/aromatic N) is 2. The molecule has 5 nitrogen and oxygen atoms in total. The Morgan fingerprint density at radius 3 is 2.75 bits per heavy atom. The minimum Gasteiger partial charge on any atom is -0.397 e. The zero-order chi connectivity index (χ0) is 14.7. The standard InChI is InChI=1S/C15H20N4O/c1-10(2)8-19(9-14(16)20)13-4-3-11-7-18-6-5-12(11)15(13)17/h3-7,10H,8-9,17H2,1-2H3,(H2,16,20). The molecule has 2 aromatic rings. The van der Waals surface area contributed by atoms with Crippen LogP contribution in [0.25, 0.3) is 10.8 Å². The van der Waals surface area contributed by atoms with Crippen molar-refractivity contribution in [3.63, 3.8) is 0 Å². The number of rotatable bonds is 5. The first-order chi connectivity index (χ1) is 9.49. The fraction of sp³-hybridized carbons (Fsp3) is 0.333. The van der Waals surface area contributed by atoms with Gasteiger partial charge in [0, 0.05) is 29.7 Å². The van der Waals surface area contributed by atoms with Gasteiger partial charge in [-0.05, 0) is 18.1 Å². The van der Waals surface area contributed by atoms with Crippen LogP contribution in [0, 0.1) is 5.92 Å². The number of hydrogen-bond acceptors (Lipinski definition) is 4. The zero-order valence-corrected chi connectivity index (χ0v) is 11.8. The second-order valence-corrected chi connectivity index (χ2v) is 5.34. The van der Waals surface area contributed by atoms with Crippen molar-refractivity contribution < 1.29 is 4.79 Å². The Kier molecular flexibility index (Phi) is 4.08. The van der Waals surface area contributed by atoms with E-state index in [0.717, 1.165) is 23.0 Å². The second-order valence-electron chi connectivity index (χ2n) is 5.34. The van der Waals surface area contributed by atoms with Crippen molar-refractivity contribution in [2.24, 2.45) is 11.7 Å². The summed E-state index contributed by atoms with van der Waals surface area (Å²) in [7, 11) is 0. The van der Waals surface area contributed by atoms with Crippen LogP contribution in [-0.4, -0.2) is 24.0 Å². The Morgan fingerprint density at radius 1 is 1.35 bits per heavy atom. The summed E-state index contributed by atoms with van der Waals surface area (Å²) >= 11 is 0. The summed E-state index contributed by atoms with van der Waals surface area (Å²) in [5.41, 5.74) is 13.1. The van der Waals surface area contributed by atoms with Crippen molar-refractivity contribution in [2.75, 3.05) is 23.7 Å². The normalized spacial score (nSPS) is 10.9. The Hall–Kier alpha value is -2.30. The predicted octanol–water partition coefficient (Wildman–Crippen LogP) is 1.76. The summed E-state index contributed by atoms with van der Waals surface area (Å²) in [6, 6.07) is 5.76. The van der Waals surface area contributed by atoms with E-state index in [2.05, 4.69) is 18.8 Å². The maximum atomic E-state index is 11.3. The summed E-state index contributed by atoms with van der Waals surface area (Å²) in [5.74, 6) is 0.0433. The molecule has 4 N–H and O–H groups in total. The maximum Gasteiger partial charge on any atom is 0.236 e. The van der Waals surface area contributed by atoms with E-state index in [4.69, 9.17) is 11.5 Å². The average molecular weight is 272 g/mol. The molecule has 0 aliphatic heterocycles. The third-order valence-corrected chi connectivity index (χ3v) is 3.11. The molecule has 0 fully saturated rings. The van der Waals surface area contributed by atoms with Gasteiger partial charge in [-0.15, -0.1) is 0 Å². The first-order valence-electron chi connectivity index (χ1n) is 6.64. The number of amides is 1. The highest BCUT2D eigenvalue weighted by atomic mass is 16.1. The Morgan fingerprint density at radius 2 is 2.10 bits per heavy atom. The number of pyridine rings is 1. The number of hydrogen-bond donors (Lipinski definition) is 2. The lowest BCUT2D eigenvalue weighted by molar-refractivity contribution is -0.116. The molecule has 0 saturated carbocycles. The van der Waals surface area contributed by atoms with Gasteiger partial charge in [-0.25, -0.2) is 0 Å². The molecule has 0 bridgehead atoms. The third kappa shape index (κ3) is 2.99. The van der Waals surface area contributed by atoms with E-state index in [-0.39, 0.29) is 12.5 Å². The molecule has 1 aromatic carbocycles. The maximum absolute atomic E-state index is 11.3. The van der Waals surface area contributed by atoms with Gasteiger partial charge in [-0.1, -0.05) is 19.9 Å². The summed E-state index contributed by atoms with van der Waals surface area (Å²) in [5, 5.41) is 1.92. The van der Waals surface area contributed by atoms with Gasteiger partial charge in [-0.2, -0.15) is 0 Å². The van der Waals surface area contributed by atoms with Gasteiger partial charge in [0.15, 0.2) is 0 Å². The van der Waals surface area contributed by atoms with Crippen LogP contribution in [0.4, 0.5) is 11.4 Å². The highest BCUT2D eigenvalue weighted by Crippen LogP contribution is 2.31. The molecule has 0 unspecified atom stereocenters. The Bertz CT molecular complexity index is 624. The van der Waals surface area contributed by atoms with Crippen LogP contribution in [0.5, 0.6) is 0 Å². The van der Waals surface area contributed by atoms with Gasteiger partial charge in [0.1, 0.15) is 0 Å². The van der Waals surface area contributed by atoms with Gasteiger partial charge < -0.3 is 16.4 Å². The Labute approximate surface area is 118 Å². The number of nitrogen functional groups attached to an aromatic ring is 1. The number of aromatic nitrogens is 1. The lowest BCUT2D eigenvalue weighted by Crippen LogP contribution is -2.36. The van der Waals surface area contributed by atoms with Gasteiger partial charge >= 0.3 is 0 Å². The fourth-order valence-corrected chi connectivity index (χ4v) is 2.33. The van der Waals surface area contributed by atoms with E-state index >= 15 is 0 Å². The van der Waals surface area contributed by atoms with Crippen LogP contribution in [-0.2, 0) is 4.79 Å². The number of carbonyl (C=O) groups excluding carboxylic acids is 1. The predicted molar refractivity (Wildman–Crippen MR) is 82.4 cm³/mol. The van der Waals surface area contributed by atoms with Crippen molar-refractivity contribution in [3.8, 4) is 0 Å². The second kappa shape index (κ2) is 5.77. The quantitative estimate of drug-likeness (QED) is 0.812. The molecular weight excluding hydrogens is 252 g/mol. The molecule has 0 aliphatic rings. The first kappa shape index (κ1) is 14.1. The lowest BCUT2D eigenvalue weighted by atomic mass is 10.1. The number of nitrogens with two attached hydrogens (primary N) is 2. The molecule has 1 amide bonds. The van der Waals surface area contributed by atoms with Crippen LogP contribution in [0.15, 0.2) is 30.6 Å². The summed E-state index contributed by atoms with van der Waals surface area (Å²) < 4.78 is 0. The van der Waals surface area contributed by atoms with E-state index in [0.29, 0.717) is 11.6 Å². The minimum atomic E-state index is -0.361. The van der Waals surface area contributed by atoms with Crippen molar-refractivity contribution in [1.82, 2.24) is 4.98 Å². The van der Waals surface area contributed by atoms with Crippen LogP contribution >= 0.6 is 0 Å². The number of carbonyl (C=O) groups is 1. The monoisotopic (exact) mass is 272 g/mol. The minimum absolute atomic E-state index is 0.166. The molecule has 0 saturated heterocycles. The highest BCUT2D eigenvalue weighted by molar-refractivity contribution is 5.99. The van der Waals surface area contributed by atoms with Crippen LogP contribution in [0.1, 0.15) is 13.8 Å². The van der Waals surface area contributed by atoms with E-state index in [1.54, 1.807) is 12.4 Å². The SMILES string of the molecule is CC(C)CN(CC(N)=O)c1ccc2cnccc2c1N. The average Bonchev–Trinajstić information content (AvgIpc) is 2.37. The van der Waals surface area contributed by atoms with E-state index in [1.165, 1.54) is 0 Å². The summed E-state index contributed by atoms with van der Waals surface area (Å²) in [6.07, 6.45) is 3.49. The number of benzene rings is 1. The largest absolute Gasteiger partial charge is 0.397 e. The number of primary amides is 1. The zero-order valence-electron chi connectivity index (χ0n) is 11.8. The van der Waals surface area contributed by atoms with Crippen LogP contribution < -0.4 is 16.4 Å².